The van der Waals surface area contributed by atoms with Crippen molar-refractivity contribution in [1.29, 1.82) is 0 Å². The van der Waals surface area contributed by atoms with Crippen LogP contribution in [0.1, 0.15) is 29.7 Å². The number of ether oxygens (including phenoxy) is 2. The molecule has 0 fully saturated rings. The van der Waals surface area contributed by atoms with Crippen LogP contribution in [0, 0.1) is 5.82 Å². The number of halogens is 2. The molecule has 3 aromatic carbocycles. The fraction of sp³-hybridized carbons (Fsp3) is 0.138. The summed E-state index contributed by atoms with van der Waals surface area (Å²) in [6.07, 6.45) is 1.69. The molecule has 0 amide bonds. The molecule has 0 spiro atoms. The number of hydrogen-bond acceptors (Lipinski definition) is 6. The zero-order valence-electron chi connectivity index (χ0n) is 20.5. The van der Waals surface area contributed by atoms with E-state index >= 15 is 0 Å². The molecule has 5 rings (SSSR count). The summed E-state index contributed by atoms with van der Waals surface area (Å²) in [6, 6.07) is 19.2. The highest BCUT2D eigenvalue weighted by atomic mass is 35.5. The minimum absolute atomic E-state index is 0.138. The van der Waals surface area contributed by atoms with Gasteiger partial charge >= 0.3 is 5.97 Å². The van der Waals surface area contributed by atoms with Crippen molar-refractivity contribution >= 4 is 40.7 Å². The standard InChI is InChI=1S/C29H22ClFN2O4S/c1-3-37-28(35)24-25(17-7-5-4-6-8-17)32-29-33(26(24)18-9-12-21(31)13-10-18)27(34)23(38-29)16-19-15-20(30)11-14-22(19)36-2/h4-16,26H,3H2,1-2H3/b23-16-/t26-/m1/s1. The fourth-order valence-electron chi connectivity index (χ4n) is 4.36. The highest BCUT2D eigenvalue weighted by Crippen LogP contribution is 2.35. The van der Waals surface area contributed by atoms with Crippen LogP contribution >= 0.6 is 22.9 Å². The van der Waals surface area contributed by atoms with Gasteiger partial charge in [0.25, 0.3) is 5.56 Å². The summed E-state index contributed by atoms with van der Waals surface area (Å²) < 4.78 is 26.6. The zero-order chi connectivity index (χ0) is 26.8. The van der Waals surface area contributed by atoms with Gasteiger partial charge in [0.05, 0.1) is 35.6 Å². The third-order valence-corrected chi connectivity index (χ3v) is 7.26. The molecule has 1 aliphatic rings. The predicted molar refractivity (Wildman–Crippen MR) is 145 cm³/mol. The molecule has 0 N–H and O–H groups in total. The van der Waals surface area contributed by atoms with Crippen molar-refractivity contribution in [2.24, 2.45) is 4.99 Å². The van der Waals surface area contributed by atoms with Gasteiger partial charge in [0.1, 0.15) is 11.6 Å². The van der Waals surface area contributed by atoms with Gasteiger partial charge in [0.2, 0.25) is 0 Å². The van der Waals surface area contributed by atoms with Crippen molar-refractivity contribution in [2.45, 2.75) is 13.0 Å². The normalized spacial score (nSPS) is 15.2. The number of hydrogen-bond donors (Lipinski definition) is 0. The van der Waals surface area contributed by atoms with E-state index in [0.717, 1.165) is 0 Å². The summed E-state index contributed by atoms with van der Waals surface area (Å²) in [5.74, 6) is -0.484. The van der Waals surface area contributed by atoms with Gasteiger partial charge in [-0.25, -0.2) is 14.2 Å². The first kappa shape index (κ1) is 25.6. The van der Waals surface area contributed by atoms with E-state index in [4.69, 9.17) is 26.1 Å². The third kappa shape index (κ3) is 4.80. The molecule has 9 heteroatoms. The van der Waals surface area contributed by atoms with Crippen molar-refractivity contribution in [3.8, 4) is 5.75 Å². The second kappa shape index (κ2) is 10.8. The van der Waals surface area contributed by atoms with Crippen LogP contribution in [-0.2, 0) is 9.53 Å². The Balaban J connectivity index is 1.84. The number of fused-ring (bicyclic) bond motifs is 1. The number of thiazole rings is 1. The van der Waals surface area contributed by atoms with Crippen molar-refractivity contribution < 1.29 is 18.7 Å². The Morgan fingerprint density at radius 3 is 2.55 bits per heavy atom. The summed E-state index contributed by atoms with van der Waals surface area (Å²) in [4.78, 5) is 32.5. The smallest absolute Gasteiger partial charge is 0.338 e. The Morgan fingerprint density at radius 1 is 1.13 bits per heavy atom. The number of esters is 1. The first-order valence-electron chi connectivity index (χ1n) is 11.8. The first-order chi connectivity index (χ1) is 18.4. The Bertz CT molecular complexity index is 1730. The van der Waals surface area contributed by atoms with Crippen LogP contribution in [0.2, 0.25) is 5.02 Å². The molecule has 6 nitrogen and oxygen atoms in total. The average Bonchev–Trinajstić information content (AvgIpc) is 3.23. The van der Waals surface area contributed by atoms with Gasteiger partial charge in [-0.1, -0.05) is 65.4 Å². The molecule has 38 heavy (non-hydrogen) atoms. The van der Waals surface area contributed by atoms with Gasteiger partial charge in [-0.05, 0) is 48.9 Å². The lowest BCUT2D eigenvalue weighted by atomic mass is 9.93. The van der Waals surface area contributed by atoms with Gasteiger partial charge in [-0.2, -0.15) is 0 Å². The lowest BCUT2D eigenvalue weighted by Crippen LogP contribution is -2.40. The van der Waals surface area contributed by atoms with Gasteiger partial charge in [0, 0.05) is 16.1 Å². The van der Waals surface area contributed by atoms with Crippen LogP contribution < -0.4 is 19.6 Å². The summed E-state index contributed by atoms with van der Waals surface area (Å²) in [7, 11) is 1.54. The SMILES string of the molecule is CCOC(=O)C1=C(c2ccccc2)N=c2s/c(=C\c3cc(Cl)ccc3OC)c(=O)n2[C@@H]1c1ccc(F)cc1. The maximum Gasteiger partial charge on any atom is 0.338 e. The number of aromatic nitrogens is 1. The Labute approximate surface area is 226 Å². The number of methoxy groups -OCH3 is 1. The maximum absolute atomic E-state index is 13.9. The van der Waals surface area contributed by atoms with E-state index < -0.39 is 17.8 Å². The van der Waals surface area contributed by atoms with Crippen LogP contribution in [-0.4, -0.2) is 24.3 Å². The maximum atomic E-state index is 13.9. The third-order valence-electron chi connectivity index (χ3n) is 6.04. The quantitative estimate of drug-likeness (QED) is 0.326. The van der Waals surface area contributed by atoms with Crippen molar-refractivity contribution in [3.05, 3.63) is 126 Å². The number of carbonyl (C=O) groups excluding carboxylic acids is 1. The van der Waals surface area contributed by atoms with Crippen LogP contribution in [0.4, 0.5) is 4.39 Å². The monoisotopic (exact) mass is 548 g/mol. The largest absolute Gasteiger partial charge is 0.496 e. The Morgan fingerprint density at radius 2 is 1.87 bits per heavy atom. The van der Waals surface area contributed by atoms with E-state index in [1.54, 1.807) is 43.3 Å². The minimum atomic E-state index is -0.885. The number of nitrogens with zero attached hydrogens (tertiary/aromatic N) is 2. The summed E-state index contributed by atoms with van der Waals surface area (Å²) in [6.45, 7) is 1.85. The Kier molecular flexibility index (Phi) is 7.26. The molecule has 192 valence electrons. The molecule has 4 aromatic rings. The predicted octanol–water partition coefficient (Wildman–Crippen LogP) is 4.74. The second-order valence-corrected chi connectivity index (χ2v) is 9.81. The molecule has 2 heterocycles. The molecule has 1 atom stereocenters. The summed E-state index contributed by atoms with van der Waals surface area (Å²) >= 11 is 7.38. The van der Waals surface area contributed by atoms with Crippen molar-refractivity contribution in [3.63, 3.8) is 0 Å². The van der Waals surface area contributed by atoms with Crippen molar-refractivity contribution in [2.75, 3.05) is 13.7 Å². The molecule has 1 aromatic heterocycles. The molecule has 0 aliphatic carbocycles. The van der Waals surface area contributed by atoms with Crippen molar-refractivity contribution in [1.82, 2.24) is 4.57 Å². The van der Waals surface area contributed by atoms with Crippen LogP contribution in [0.5, 0.6) is 5.75 Å². The molecule has 0 saturated carbocycles. The van der Waals surface area contributed by atoms with Gasteiger partial charge < -0.3 is 9.47 Å². The molecule has 0 unspecified atom stereocenters. The van der Waals surface area contributed by atoms with Gasteiger partial charge in [-0.15, -0.1) is 0 Å². The van der Waals surface area contributed by atoms with Gasteiger partial charge in [0.15, 0.2) is 4.80 Å². The molecule has 0 saturated heterocycles. The zero-order valence-corrected chi connectivity index (χ0v) is 22.1. The molecular weight excluding hydrogens is 527 g/mol. The van der Waals surface area contributed by atoms with E-state index in [1.165, 1.54) is 35.1 Å². The topological polar surface area (TPSA) is 69.9 Å². The Hall–Kier alpha value is -4.01. The van der Waals surface area contributed by atoms with E-state index in [9.17, 15) is 14.0 Å². The first-order valence-corrected chi connectivity index (χ1v) is 13.0. The lowest BCUT2D eigenvalue weighted by Gasteiger charge is -2.25. The van der Waals surface area contributed by atoms with Gasteiger partial charge in [-0.3, -0.25) is 9.36 Å². The molecule has 0 bridgehead atoms. The molecular formula is C29H22ClFN2O4S. The minimum Gasteiger partial charge on any atom is -0.496 e. The van der Waals surface area contributed by atoms with Crippen LogP contribution in [0.15, 0.2) is 88.2 Å². The van der Waals surface area contributed by atoms with Crippen LogP contribution in [0.25, 0.3) is 11.8 Å². The highest BCUT2D eigenvalue weighted by Gasteiger charge is 2.35. The van der Waals surface area contributed by atoms with E-state index in [2.05, 4.69) is 0 Å². The molecule has 0 radical (unpaired) electrons. The lowest BCUT2D eigenvalue weighted by molar-refractivity contribution is -0.138. The van der Waals surface area contributed by atoms with E-state index in [-0.39, 0.29) is 17.7 Å². The molecule has 1 aliphatic heterocycles. The second-order valence-electron chi connectivity index (χ2n) is 8.37. The number of benzene rings is 3. The van der Waals surface area contributed by atoms with Crippen LogP contribution in [0.3, 0.4) is 0 Å². The fourth-order valence-corrected chi connectivity index (χ4v) is 5.53. The number of rotatable bonds is 6. The van der Waals surface area contributed by atoms with E-state index in [1.807, 2.05) is 30.3 Å². The van der Waals surface area contributed by atoms with E-state index in [0.29, 0.717) is 42.5 Å². The highest BCUT2D eigenvalue weighted by molar-refractivity contribution is 7.07. The number of carbonyl (C=O) groups is 1. The average molecular weight is 549 g/mol. The summed E-state index contributed by atoms with van der Waals surface area (Å²) in [5.41, 5.74) is 2.09. The summed E-state index contributed by atoms with van der Waals surface area (Å²) in [5, 5.41) is 0.491.